The second-order valence-electron chi connectivity index (χ2n) is 5.92. The number of nitro groups is 1. The molecule has 7 heteroatoms. The van der Waals surface area contributed by atoms with Gasteiger partial charge in [0.05, 0.1) is 11.5 Å². The van der Waals surface area contributed by atoms with E-state index in [9.17, 15) is 14.9 Å². The van der Waals surface area contributed by atoms with Crippen LogP contribution >= 0.6 is 0 Å². The predicted octanol–water partition coefficient (Wildman–Crippen LogP) is 1.60. The molecule has 1 atom stereocenters. The lowest BCUT2D eigenvalue weighted by atomic mass is 10.1. The lowest BCUT2D eigenvalue weighted by Crippen LogP contribution is -2.31. The molecule has 0 spiro atoms. The van der Waals surface area contributed by atoms with Crippen molar-refractivity contribution in [2.24, 2.45) is 5.92 Å². The van der Waals surface area contributed by atoms with E-state index in [2.05, 4.69) is 10.2 Å². The minimum atomic E-state index is -0.440. The molecule has 1 N–H and O–H groups in total. The number of nitrogens with zero attached hydrogens (tertiary/aromatic N) is 2. The molecule has 1 fully saturated rings. The molecule has 1 saturated heterocycles. The minimum absolute atomic E-state index is 0.0335. The SMILES string of the molecule is COCCN1CC[C@H](CNC(=O)c2ccc([N+](=O)[O-])c(C)c2)C1. The van der Waals surface area contributed by atoms with Gasteiger partial charge in [-0.3, -0.25) is 14.9 Å². The van der Waals surface area contributed by atoms with Crippen LogP contribution in [0.2, 0.25) is 0 Å². The van der Waals surface area contributed by atoms with Crippen molar-refractivity contribution < 1.29 is 14.5 Å². The summed E-state index contributed by atoms with van der Waals surface area (Å²) in [6, 6.07) is 4.44. The van der Waals surface area contributed by atoms with Gasteiger partial charge in [0, 0.05) is 43.9 Å². The maximum atomic E-state index is 12.2. The summed E-state index contributed by atoms with van der Waals surface area (Å²) >= 11 is 0. The Morgan fingerprint density at radius 3 is 2.96 bits per heavy atom. The lowest BCUT2D eigenvalue weighted by molar-refractivity contribution is -0.385. The third kappa shape index (κ3) is 4.74. The van der Waals surface area contributed by atoms with Crippen molar-refractivity contribution in [3.8, 4) is 0 Å². The lowest BCUT2D eigenvalue weighted by Gasteiger charge is -2.15. The molecule has 1 aliphatic heterocycles. The van der Waals surface area contributed by atoms with E-state index in [0.717, 1.165) is 32.7 Å². The zero-order valence-electron chi connectivity index (χ0n) is 13.6. The number of nitrogens with one attached hydrogen (secondary N) is 1. The van der Waals surface area contributed by atoms with Crippen LogP contribution in [-0.4, -0.2) is 55.6 Å². The van der Waals surface area contributed by atoms with E-state index < -0.39 is 4.92 Å². The molecule has 126 valence electrons. The van der Waals surface area contributed by atoms with Gasteiger partial charge in [-0.2, -0.15) is 0 Å². The standard InChI is InChI=1S/C16H23N3O4/c1-12-9-14(3-4-15(12)19(21)22)16(20)17-10-13-5-6-18(11-13)7-8-23-2/h3-4,9,13H,5-8,10-11H2,1-2H3,(H,17,20)/t13-/m1/s1. The largest absolute Gasteiger partial charge is 0.383 e. The first-order valence-electron chi connectivity index (χ1n) is 7.75. The second-order valence-corrected chi connectivity index (χ2v) is 5.92. The van der Waals surface area contributed by atoms with E-state index in [0.29, 0.717) is 23.6 Å². The van der Waals surface area contributed by atoms with Crippen LogP contribution in [0.3, 0.4) is 0 Å². The molecule has 0 aliphatic carbocycles. The number of carbonyl (C=O) groups is 1. The summed E-state index contributed by atoms with van der Waals surface area (Å²) in [4.78, 5) is 24.9. The van der Waals surface area contributed by atoms with Crippen molar-refractivity contribution in [2.45, 2.75) is 13.3 Å². The third-order valence-electron chi connectivity index (χ3n) is 4.19. The van der Waals surface area contributed by atoms with Gasteiger partial charge in [-0.1, -0.05) is 0 Å². The minimum Gasteiger partial charge on any atom is -0.383 e. The zero-order chi connectivity index (χ0) is 16.8. The Hall–Kier alpha value is -1.99. The summed E-state index contributed by atoms with van der Waals surface area (Å²) in [5, 5.41) is 13.7. The highest BCUT2D eigenvalue weighted by molar-refractivity contribution is 5.94. The number of aryl methyl sites for hydroxylation is 1. The van der Waals surface area contributed by atoms with E-state index in [1.165, 1.54) is 12.1 Å². The van der Waals surface area contributed by atoms with Crippen molar-refractivity contribution in [3.05, 3.63) is 39.4 Å². The van der Waals surface area contributed by atoms with Crippen molar-refractivity contribution in [2.75, 3.05) is 39.9 Å². The average molecular weight is 321 g/mol. The van der Waals surface area contributed by atoms with E-state index in [1.807, 2.05) is 0 Å². The zero-order valence-corrected chi connectivity index (χ0v) is 13.6. The Labute approximate surface area is 135 Å². The Morgan fingerprint density at radius 1 is 1.52 bits per heavy atom. The van der Waals surface area contributed by atoms with Crippen LogP contribution in [0.5, 0.6) is 0 Å². The van der Waals surface area contributed by atoms with Crippen molar-refractivity contribution in [1.82, 2.24) is 10.2 Å². The van der Waals surface area contributed by atoms with Gasteiger partial charge in [0.25, 0.3) is 11.6 Å². The molecule has 0 radical (unpaired) electrons. The molecule has 0 unspecified atom stereocenters. The fourth-order valence-corrected chi connectivity index (χ4v) is 2.84. The molecular formula is C16H23N3O4. The molecule has 1 amide bonds. The summed E-state index contributed by atoms with van der Waals surface area (Å²) < 4.78 is 5.07. The summed E-state index contributed by atoms with van der Waals surface area (Å²) in [7, 11) is 1.69. The van der Waals surface area contributed by atoms with Crippen LogP contribution in [0, 0.1) is 23.0 Å². The molecule has 0 saturated carbocycles. The van der Waals surface area contributed by atoms with Gasteiger partial charge in [-0.15, -0.1) is 0 Å². The Morgan fingerprint density at radius 2 is 2.30 bits per heavy atom. The van der Waals surface area contributed by atoms with Gasteiger partial charge in [-0.25, -0.2) is 0 Å². The average Bonchev–Trinajstić information content (AvgIpc) is 2.98. The number of amides is 1. The highest BCUT2D eigenvalue weighted by atomic mass is 16.6. The van der Waals surface area contributed by atoms with E-state index in [-0.39, 0.29) is 11.6 Å². The quantitative estimate of drug-likeness (QED) is 0.609. The molecule has 2 rings (SSSR count). The monoisotopic (exact) mass is 321 g/mol. The van der Waals surface area contributed by atoms with Crippen molar-refractivity contribution in [3.63, 3.8) is 0 Å². The van der Waals surface area contributed by atoms with Gasteiger partial charge in [0.2, 0.25) is 0 Å². The molecule has 1 heterocycles. The Balaban J connectivity index is 1.83. The van der Waals surface area contributed by atoms with Crippen LogP contribution in [0.25, 0.3) is 0 Å². The van der Waals surface area contributed by atoms with Gasteiger partial charge in [0.1, 0.15) is 0 Å². The number of rotatable bonds is 7. The summed E-state index contributed by atoms with van der Waals surface area (Å²) in [5.74, 6) is 0.258. The molecule has 23 heavy (non-hydrogen) atoms. The Bertz CT molecular complexity index is 576. The van der Waals surface area contributed by atoms with E-state index in [1.54, 1.807) is 20.1 Å². The first-order valence-corrected chi connectivity index (χ1v) is 7.75. The van der Waals surface area contributed by atoms with Crippen molar-refractivity contribution in [1.29, 1.82) is 0 Å². The summed E-state index contributed by atoms with van der Waals surface area (Å²) in [5.41, 5.74) is 0.989. The van der Waals surface area contributed by atoms with Crippen molar-refractivity contribution >= 4 is 11.6 Å². The fraction of sp³-hybridized carbons (Fsp3) is 0.562. The maximum Gasteiger partial charge on any atom is 0.272 e. The molecule has 0 bridgehead atoms. The maximum absolute atomic E-state index is 12.2. The van der Waals surface area contributed by atoms with Crippen LogP contribution in [0.1, 0.15) is 22.3 Å². The topological polar surface area (TPSA) is 84.7 Å². The highest BCUT2D eigenvalue weighted by Crippen LogP contribution is 2.19. The second kappa shape index (κ2) is 8.03. The van der Waals surface area contributed by atoms with E-state index in [4.69, 9.17) is 4.74 Å². The molecule has 7 nitrogen and oxygen atoms in total. The summed E-state index contributed by atoms with van der Waals surface area (Å²) in [6.45, 7) is 5.89. The number of ether oxygens (including phenoxy) is 1. The molecule has 1 aliphatic rings. The van der Waals surface area contributed by atoms with Gasteiger partial charge in [-0.05, 0) is 37.9 Å². The molecule has 1 aromatic carbocycles. The van der Waals surface area contributed by atoms with E-state index >= 15 is 0 Å². The number of hydrogen-bond acceptors (Lipinski definition) is 5. The first-order chi connectivity index (χ1) is 11.0. The van der Waals surface area contributed by atoms with Gasteiger partial charge < -0.3 is 15.0 Å². The number of likely N-dealkylation sites (tertiary alicyclic amines) is 1. The van der Waals surface area contributed by atoms with Crippen LogP contribution in [-0.2, 0) is 4.74 Å². The van der Waals surface area contributed by atoms with Gasteiger partial charge >= 0.3 is 0 Å². The van der Waals surface area contributed by atoms with Gasteiger partial charge in [0.15, 0.2) is 0 Å². The molecule has 0 aromatic heterocycles. The number of methoxy groups -OCH3 is 1. The number of hydrogen-bond donors (Lipinski definition) is 1. The third-order valence-corrected chi connectivity index (χ3v) is 4.19. The predicted molar refractivity (Wildman–Crippen MR) is 86.6 cm³/mol. The van der Waals surface area contributed by atoms with Crippen LogP contribution in [0.4, 0.5) is 5.69 Å². The molecular weight excluding hydrogens is 298 g/mol. The fourth-order valence-electron chi connectivity index (χ4n) is 2.84. The number of nitro benzene ring substituents is 1. The molecule has 1 aromatic rings. The number of benzene rings is 1. The number of carbonyl (C=O) groups excluding carboxylic acids is 1. The normalized spacial score (nSPS) is 18.1. The Kier molecular flexibility index (Phi) is 6.06. The first kappa shape index (κ1) is 17.4. The summed E-state index contributed by atoms with van der Waals surface area (Å²) in [6.07, 6.45) is 1.06. The van der Waals surface area contributed by atoms with Crippen LogP contribution in [0.15, 0.2) is 18.2 Å². The highest BCUT2D eigenvalue weighted by Gasteiger charge is 2.22. The smallest absolute Gasteiger partial charge is 0.272 e. The van der Waals surface area contributed by atoms with Crippen LogP contribution < -0.4 is 5.32 Å².